The van der Waals surface area contributed by atoms with Crippen LogP contribution in [0.1, 0.15) is 26.7 Å². The van der Waals surface area contributed by atoms with E-state index in [9.17, 15) is 9.59 Å². The number of piperazine rings is 1. The minimum Gasteiger partial charge on any atom is -0.494 e. The van der Waals surface area contributed by atoms with Crippen LogP contribution in [-0.2, 0) is 4.79 Å². The third kappa shape index (κ3) is 6.34. The summed E-state index contributed by atoms with van der Waals surface area (Å²) >= 11 is 0. The Hall–Kier alpha value is -2.32. The molecule has 2 aliphatic rings. The molecule has 0 aromatic heterocycles. The zero-order chi connectivity index (χ0) is 21.3. The van der Waals surface area contributed by atoms with E-state index in [1.54, 1.807) is 4.90 Å². The average molecular weight is 418 g/mol. The first kappa shape index (κ1) is 22.4. The second-order valence-electron chi connectivity index (χ2n) is 7.86. The maximum Gasteiger partial charge on any atom is 0.315 e. The predicted octanol–water partition coefficient (Wildman–Crippen LogP) is 1.52. The highest BCUT2D eigenvalue weighted by atomic mass is 16.5. The Kier molecular flexibility index (Phi) is 8.33. The zero-order valence-electron chi connectivity index (χ0n) is 18.2. The molecule has 2 saturated heterocycles. The van der Waals surface area contributed by atoms with Crippen LogP contribution in [0.2, 0.25) is 0 Å². The lowest BCUT2D eigenvalue weighted by molar-refractivity contribution is -0.117. The number of nitrogens with zero attached hydrogens (tertiary/aromatic N) is 3. The van der Waals surface area contributed by atoms with E-state index in [1.165, 1.54) is 0 Å². The lowest BCUT2D eigenvalue weighted by Gasteiger charge is -2.33. The van der Waals surface area contributed by atoms with Gasteiger partial charge < -0.3 is 30.1 Å². The molecule has 0 bridgehead atoms. The van der Waals surface area contributed by atoms with Gasteiger partial charge in [0.1, 0.15) is 5.75 Å². The van der Waals surface area contributed by atoms with E-state index in [0.717, 1.165) is 57.1 Å². The molecule has 0 aliphatic carbocycles. The van der Waals surface area contributed by atoms with E-state index in [0.29, 0.717) is 26.1 Å². The van der Waals surface area contributed by atoms with Crippen molar-refractivity contribution in [3.63, 3.8) is 0 Å². The van der Waals surface area contributed by atoms with Gasteiger partial charge in [0.2, 0.25) is 5.91 Å². The number of carbonyl (C=O) groups excluding carboxylic acids is 2. The molecule has 8 nitrogen and oxygen atoms in total. The first-order valence-corrected chi connectivity index (χ1v) is 11.1. The second-order valence-corrected chi connectivity index (χ2v) is 7.86. The summed E-state index contributed by atoms with van der Waals surface area (Å²) in [5, 5.41) is 5.86. The van der Waals surface area contributed by atoms with Gasteiger partial charge in [-0.25, -0.2) is 4.79 Å². The fraction of sp³-hybridized carbons (Fsp3) is 0.636. The quantitative estimate of drug-likeness (QED) is 0.596. The van der Waals surface area contributed by atoms with Crippen molar-refractivity contribution in [1.29, 1.82) is 0 Å². The summed E-state index contributed by atoms with van der Waals surface area (Å²) in [5.74, 6) is 0.810. The van der Waals surface area contributed by atoms with Crippen LogP contribution in [0, 0.1) is 0 Å². The Morgan fingerprint density at radius 1 is 1.10 bits per heavy atom. The molecule has 0 saturated carbocycles. The van der Waals surface area contributed by atoms with Crippen LogP contribution in [-0.4, -0.2) is 86.7 Å². The van der Waals surface area contributed by atoms with Crippen molar-refractivity contribution in [1.82, 2.24) is 20.4 Å². The van der Waals surface area contributed by atoms with Crippen molar-refractivity contribution < 1.29 is 14.3 Å². The van der Waals surface area contributed by atoms with Gasteiger partial charge in [0.15, 0.2) is 0 Å². The zero-order valence-corrected chi connectivity index (χ0v) is 18.2. The maximum absolute atomic E-state index is 12.4. The highest BCUT2D eigenvalue weighted by molar-refractivity contribution is 5.96. The van der Waals surface area contributed by atoms with Crippen LogP contribution in [0.3, 0.4) is 0 Å². The van der Waals surface area contributed by atoms with Gasteiger partial charge in [-0.1, -0.05) is 6.92 Å². The summed E-state index contributed by atoms with van der Waals surface area (Å²) in [5.41, 5.74) is 0.830. The molecule has 2 heterocycles. The van der Waals surface area contributed by atoms with Gasteiger partial charge in [0.25, 0.3) is 0 Å². The molecule has 1 atom stereocenters. The fourth-order valence-corrected chi connectivity index (χ4v) is 4.01. The van der Waals surface area contributed by atoms with E-state index in [2.05, 4.69) is 27.4 Å². The number of benzene rings is 1. The third-order valence-corrected chi connectivity index (χ3v) is 5.77. The van der Waals surface area contributed by atoms with E-state index in [4.69, 9.17) is 4.74 Å². The Labute approximate surface area is 179 Å². The predicted molar refractivity (Wildman–Crippen MR) is 118 cm³/mol. The Morgan fingerprint density at radius 3 is 2.47 bits per heavy atom. The number of rotatable bonds is 9. The SMILES string of the molecule is CCOc1ccc(N2CC(NC(=O)NCCCN3CCN(CC)CC3)CC2=O)cc1. The first-order chi connectivity index (χ1) is 14.6. The number of hydrogen-bond acceptors (Lipinski definition) is 5. The Bertz CT molecular complexity index is 689. The molecule has 3 rings (SSSR count). The summed E-state index contributed by atoms with van der Waals surface area (Å²) < 4.78 is 5.45. The molecule has 1 aromatic rings. The Balaban J connectivity index is 1.34. The third-order valence-electron chi connectivity index (χ3n) is 5.77. The summed E-state index contributed by atoms with van der Waals surface area (Å²) in [6.07, 6.45) is 1.25. The number of ether oxygens (including phenoxy) is 1. The minimum atomic E-state index is -0.197. The lowest BCUT2D eigenvalue weighted by atomic mass is 10.2. The van der Waals surface area contributed by atoms with E-state index in [1.807, 2.05) is 31.2 Å². The van der Waals surface area contributed by atoms with Gasteiger partial charge in [-0.3, -0.25) is 4.79 Å². The standard InChI is InChI=1S/C22H35N5O3/c1-3-25-12-14-26(15-13-25)11-5-10-23-22(29)24-18-16-21(28)27(17-18)19-6-8-20(9-7-19)30-4-2/h6-9,18H,3-5,10-17H2,1-2H3,(H2,23,24,29). The molecule has 8 heteroatoms. The molecule has 0 spiro atoms. The molecule has 2 aliphatic heterocycles. The van der Waals surface area contributed by atoms with Crippen molar-refractivity contribution in [3.8, 4) is 5.75 Å². The van der Waals surface area contributed by atoms with Crippen molar-refractivity contribution in [2.75, 3.05) is 63.9 Å². The van der Waals surface area contributed by atoms with Gasteiger partial charge in [-0.05, 0) is 50.7 Å². The molecule has 1 unspecified atom stereocenters. The van der Waals surface area contributed by atoms with Crippen LogP contribution >= 0.6 is 0 Å². The first-order valence-electron chi connectivity index (χ1n) is 11.1. The second kappa shape index (κ2) is 11.2. The number of carbonyl (C=O) groups is 2. The van der Waals surface area contributed by atoms with Crippen molar-refractivity contribution in [3.05, 3.63) is 24.3 Å². The van der Waals surface area contributed by atoms with Crippen LogP contribution < -0.4 is 20.3 Å². The maximum atomic E-state index is 12.4. The fourth-order valence-electron chi connectivity index (χ4n) is 4.01. The van der Waals surface area contributed by atoms with E-state index in [-0.39, 0.29) is 18.0 Å². The summed E-state index contributed by atoms with van der Waals surface area (Å²) in [6.45, 7) is 12.5. The summed E-state index contributed by atoms with van der Waals surface area (Å²) in [4.78, 5) is 31.2. The number of likely N-dealkylation sites (N-methyl/N-ethyl adjacent to an activating group) is 1. The molecule has 2 fully saturated rings. The summed E-state index contributed by atoms with van der Waals surface area (Å²) in [7, 11) is 0. The smallest absolute Gasteiger partial charge is 0.315 e. The number of anilines is 1. The molecular weight excluding hydrogens is 382 g/mol. The molecule has 166 valence electrons. The number of nitrogens with one attached hydrogen (secondary N) is 2. The van der Waals surface area contributed by atoms with Crippen molar-refractivity contribution in [2.45, 2.75) is 32.7 Å². The highest BCUT2D eigenvalue weighted by Gasteiger charge is 2.31. The van der Waals surface area contributed by atoms with Crippen LogP contribution in [0.5, 0.6) is 5.75 Å². The molecule has 0 radical (unpaired) electrons. The van der Waals surface area contributed by atoms with Crippen LogP contribution in [0.15, 0.2) is 24.3 Å². The average Bonchev–Trinajstić information content (AvgIpc) is 3.12. The number of amides is 3. The topological polar surface area (TPSA) is 77.2 Å². The lowest BCUT2D eigenvalue weighted by Crippen LogP contribution is -2.47. The van der Waals surface area contributed by atoms with Gasteiger partial charge in [-0.2, -0.15) is 0 Å². The van der Waals surface area contributed by atoms with Gasteiger partial charge in [0, 0.05) is 51.4 Å². The minimum absolute atomic E-state index is 0.0238. The van der Waals surface area contributed by atoms with Crippen molar-refractivity contribution in [2.24, 2.45) is 0 Å². The number of urea groups is 1. The normalized spacial score (nSPS) is 20.4. The van der Waals surface area contributed by atoms with Gasteiger partial charge in [-0.15, -0.1) is 0 Å². The van der Waals surface area contributed by atoms with Crippen LogP contribution in [0.4, 0.5) is 10.5 Å². The molecular formula is C22H35N5O3. The van der Waals surface area contributed by atoms with E-state index >= 15 is 0 Å². The molecule has 3 amide bonds. The molecule has 30 heavy (non-hydrogen) atoms. The van der Waals surface area contributed by atoms with E-state index < -0.39 is 0 Å². The molecule has 2 N–H and O–H groups in total. The largest absolute Gasteiger partial charge is 0.494 e. The van der Waals surface area contributed by atoms with Gasteiger partial charge in [0.05, 0.1) is 12.6 Å². The number of hydrogen-bond donors (Lipinski definition) is 2. The highest BCUT2D eigenvalue weighted by Crippen LogP contribution is 2.24. The summed E-state index contributed by atoms with van der Waals surface area (Å²) in [6, 6.07) is 7.11. The van der Waals surface area contributed by atoms with Crippen molar-refractivity contribution >= 4 is 17.6 Å². The Morgan fingerprint density at radius 2 is 1.80 bits per heavy atom. The van der Waals surface area contributed by atoms with Gasteiger partial charge >= 0.3 is 6.03 Å². The monoisotopic (exact) mass is 417 g/mol. The van der Waals surface area contributed by atoms with Crippen LogP contribution in [0.25, 0.3) is 0 Å². The molecule has 1 aromatic carbocycles.